The Morgan fingerprint density at radius 3 is 2.33 bits per heavy atom. The van der Waals surface area contributed by atoms with E-state index in [4.69, 9.17) is 4.74 Å². The van der Waals surface area contributed by atoms with E-state index in [1.54, 1.807) is 6.92 Å². The van der Waals surface area contributed by atoms with E-state index < -0.39 is 12.1 Å². The smallest absolute Gasteiger partial charge is 0.408 e. The first kappa shape index (κ1) is 15.0. The van der Waals surface area contributed by atoms with Crippen molar-refractivity contribution in [2.24, 2.45) is 0 Å². The van der Waals surface area contributed by atoms with Gasteiger partial charge in [-0.05, 0) is 13.3 Å². The van der Waals surface area contributed by atoms with Crippen molar-refractivity contribution in [3.63, 3.8) is 0 Å². The molecule has 1 aliphatic rings. The van der Waals surface area contributed by atoms with Crippen LogP contribution in [0.25, 0.3) is 0 Å². The second-order valence-corrected chi connectivity index (χ2v) is 5.07. The summed E-state index contributed by atoms with van der Waals surface area (Å²) in [5.41, 5.74) is 0. The molecule has 1 N–H and O–H groups in total. The molecular weight excluding hydrogens is 230 g/mol. The van der Waals surface area contributed by atoms with Gasteiger partial charge in [-0.25, -0.2) is 4.79 Å². The number of carbonyl (C=O) groups is 2. The highest BCUT2D eigenvalue weighted by molar-refractivity contribution is 5.90. The topological polar surface area (TPSA) is 55.4 Å². The maximum atomic E-state index is 11.8. The predicted octanol–water partition coefficient (Wildman–Crippen LogP) is 3.19. The minimum absolute atomic E-state index is 0.0990. The van der Waals surface area contributed by atoms with Gasteiger partial charge in [-0.2, -0.15) is 0 Å². The standard InChI is InChI=1S/C14H25NO3/c1-3-4-5-6-7-8-9-10-12(16)13-11(2)18-14(17)15-13/h11,13H,3-10H2,1-2H3,(H,15,17)/t11-,13-/m1/s1. The highest BCUT2D eigenvalue weighted by Gasteiger charge is 2.35. The first-order chi connectivity index (χ1) is 8.65. The summed E-state index contributed by atoms with van der Waals surface area (Å²) in [6, 6.07) is -0.433. The largest absolute Gasteiger partial charge is 0.444 e. The molecule has 4 heteroatoms. The van der Waals surface area contributed by atoms with Gasteiger partial charge < -0.3 is 10.1 Å². The van der Waals surface area contributed by atoms with Crippen LogP contribution >= 0.6 is 0 Å². The average Bonchev–Trinajstić information content (AvgIpc) is 2.67. The van der Waals surface area contributed by atoms with Crippen LogP contribution in [0.5, 0.6) is 0 Å². The lowest BCUT2D eigenvalue weighted by atomic mass is 10.0. The first-order valence-corrected chi connectivity index (χ1v) is 7.15. The number of unbranched alkanes of at least 4 members (excludes halogenated alkanes) is 6. The van der Waals surface area contributed by atoms with Gasteiger partial charge in [0.25, 0.3) is 0 Å². The van der Waals surface area contributed by atoms with E-state index in [2.05, 4.69) is 12.2 Å². The van der Waals surface area contributed by atoms with E-state index in [1.165, 1.54) is 32.1 Å². The van der Waals surface area contributed by atoms with Crippen LogP contribution in [0.3, 0.4) is 0 Å². The van der Waals surface area contributed by atoms with Gasteiger partial charge in [0, 0.05) is 6.42 Å². The molecule has 0 spiro atoms. The molecule has 18 heavy (non-hydrogen) atoms. The number of carbonyl (C=O) groups excluding carboxylic acids is 2. The van der Waals surface area contributed by atoms with Crippen molar-refractivity contribution in [1.82, 2.24) is 5.32 Å². The number of hydrogen-bond acceptors (Lipinski definition) is 3. The normalized spacial score (nSPS) is 22.7. The molecule has 0 radical (unpaired) electrons. The van der Waals surface area contributed by atoms with Crippen LogP contribution in [0.15, 0.2) is 0 Å². The van der Waals surface area contributed by atoms with Crippen molar-refractivity contribution in [2.75, 3.05) is 0 Å². The van der Waals surface area contributed by atoms with E-state index in [-0.39, 0.29) is 11.9 Å². The molecule has 0 aromatic rings. The van der Waals surface area contributed by atoms with Gasteiger partial charge in [0.2, 0.25) is 0 Å². The van der Waals surface area contributed by atoms with Crippen LogP contribution in [0, 0.1) is 0 Å². The molecule has 104 valence electrons. The van der Waals surface area contributed by atoms with Crippen molar-refractivity contribution in [2.45, 2.75) is 77.4 Å². The maximum Gasteiger partial charge on any atom is 0.408 e. The number of ketones is 1. The van der Waals surface area contributed by atoms with Crippen molar-refractivity contribution < 1.29 is 14.3 Å². The number of hydrogen-bond donors (Lipinski definition) is 1. The van der Waals surface area contributed by atoms with Crippen LogP contribution in [-0.4, -0.2) is 24.0 Å². The zero-order chi connectivity index (χ0) is 13.4. The van der Waals surface area contributed by atoms with Crippen molar-refractivity contribution >= 4 is 11.9 Å². The molecule has 0 bridgehead atoms. The zero-order valence-corrected chi connectivity index (χ0v) is 11.5. The lowest BCUT2D eigenvalue weighted by Crippen LogP contribution is -2.38. The molecule has 2 atom stereocenters. The van der Waals surface area contributed by atoms with Crippen LogP contribution in [-0.2, 0) is 9.53 Å². The summed E-state index contributed by atoms with van der Waals surface area (Å²) in [4.78, 5) is 22.8. The quantitative estimate of drug-likeness (QED) is 0.644. The van der Waals surface area contributed by atoms with E-state index in [9.17, 15) is 9.59 Å². The molecule has 1 rings (SSSR count). The van der Waals surface area contributed by atoms with Crippen LogP contribution < -0.4 is 5.32 Å². The Labute approximate surface area is 109 Å². The summed E-state index contributed by atoms with van der Waals surface area (Å²) in [6.45, 7) is 3.96. The van der Waals surface area contributed by atoms with Gasteiger partial charge in [0.1, 0.15) is 12.1 Å². The Balaban J connectivity index is 2.05. The molecule has 1 saturated heterocycles. The molecule has 1 amide bonds. The number of amides is 1. The van der Waals surface area contributed by atoms with E-state index in [0.717, 1.165) is 12.8 Å². The fraction of sp³-hybridized carbons (Fsp3) is 0.857. The Bertz CT molecular complexity index is 278. The summed E-state index contributed by atoms with van der Waals surface area (Å²) in [7, 11) is 0. The SMILES string of the molecule is CCCCCCCCCC(=O)[C@@H]1NC(=O)O[C@@H]1C. The van der Waals surface area contributed by atoms with Gasteiger partial charge in [-0.15, -0.1) is 0 Å². The molecule has 0 saturated carbocycles. The number of Topliss-reactive ketones (excluding diaryl/α,β-unsaturated/α-hetero) is 1. The van der Waals surface area contributed by atoms with Gasteiger partial charge in [-0.1, -0.05) is 45.4 Å². The second kappa shape index (κ2) is 8.11. The number of nitrogens with one attached hydrogen (secondary N) is 1. The number of alkyl carbamates (subject to hydrolysis) is 1. The third-order valence-corrected chi connectivity index (χ3v) is 3.41. The molecule has 0 unspecified atom stereocenters. The van der Waals surface area contributed by atoms with Crippen LogP contribution in [0.1, 0.15) is 65.2 Å². The van der Waals surface area contributed by atoms with Crippen molar-refractivity contribution in [3.8, 4) is 0 Å². The zero-order valence-electron chi connectivity index (χ0n) is 11.5. The monoisotopic (exact) mass is 255 g/mol. The van der Waals surface area contributed by atoms with Crippen LogP contribution in [0.4, 0.5) is 4.79 Å². The first-order valence-electron chi connectivity index (χ1n) is 7.15. The lowest BCUT2D eigenvalue weighted by Gasteiger charge is -2.10. The Morgan fingerprint density at radius 2 is 1.78 bits per heavy atom. The maximum absolute atomic E-state index is 11.8. The molecule has 4 nitrogen and oxygen atoms in total. The highest BCUT2D eigenvalue weighted by atomic mass is 16.6. The van der Waals surface area contributed by atoms with Crippen molar-refractivity contribution in [1.29, 1.82) is 0 Å². The fourth-order valence-electron chi connectivity index (χ4n) is 2.27. The van der Waals surface area contributed by atoms with E-state index in [1.807, 2.05) is 0 Å². The second-order valence-electron chi connectivity index (χ2n) is 5.07. The average molecular weight is 255 g/mol. The van der Waals surface area contributed by atoms with Gasteiger partial charge in [-0.3, -0.25) is 4.79 Å². The molecule has 0 aliphatic carbocycles. The number of rotatable bonds is 9. The third-order valence-electron chi connectivity index (χ3n) is 3.41. The predicted molar refractivity (Wildman–Crippen MR) is 70.5 cm³/mol. The summed E-state index contributed by atoms with van der Waals surface area (Å²) in [5, 5.41) is 2.56. The van der Waals surface area contributed by atoms with E-state index >= 15 is 0 Å². The number of ether oxygens (including phenoxy) is 1. The Morgan fingerprint density at radius 1 is 1.17 bits per heavy atom. The molecule has 0 aromatic carbocycles. The van der Waals surface area contributed by atoms with Gasteiger partial charge in [0.05, 0.1) is 0 Å². The molecule has 0 aromatic heterocycles. The summed E-state index contributed by atoms with van der Waals surface area (Å²) in [6.07, 6.45) is 8.11. The highest BCUT2D eigenvalue weighted by Crippen LogP contribution is 2.14. The van der Waals surface area contributed by atoms with Gasteiger partial charge in [0.15, 0.2) is 5.78 Å². The minimum Gasteiger partial charge on any atom is -0.444 e. The minimum atomic E-state index is -0.472. The van der Waals surface area contributed by atoms with Crippen molar-refractivity contribution in [3.05, 3.63) is 0 Å². The third kappa shape index (κ3) is 5.07. The lowest BCUT2D eigenvalue weighted by molar-refractivity contribution is -0.121. The molecule has 1 fully saturated rings. The summed E-state index contributed by atoms with van der Waals surface area (Å²) < 4.78 is 4.90. The summed E-state index contributed by atoms with van der Waals surface area (Å²) >= 11 is 0. The van der Waals surface area contributed by atoms with Gasteiger partial charge >= 0.3 is 6.09 Å². The van der Waals surface area contributed by atoms with Crippen LogP contribution in [0.2, 0.25) is 0 Å². The fourth-order valence-corrected chi connectivity index (χ4v) is 2.27. The number of cyclic esters (lactones) is 1. The molecular formula is C14H25NO3. The Kier molecular flexibility index (Phi) is 6.76. The van der Waals surface area contributed by atoms with E-state index in [0.29, 0.717) is 6.42 Å². The molecule has 1 aliphatic heterocycles. The molecule has 1 heterocycles. The summed E-state index contributed by atoms with van der Waals surface area (Å²) in [5.74, 6) is 0.0990. The Hall–Kier alpha value is -1.06.